The van der Waals surface area contributed by atoms with Gasteiger partial charge in [0.05, 0.1) is 23.0 Å². The van der Waals surface area contributed by atoms with Crippen molar-refractivity contribution in [2.45, 2.75) is 46.2 Å². The standard InChI is InChI=1S/C22H30N4O5/c1-13(2)10-25(16-9-15(21(28)29)11-24(12-16)22(30)31)20(27)19-23-17-7-5-6-8-18(17)26(19)14(3)4/h5-8,13-16H,9-12H2,1-4H3,(H,28,29)(H,30,31)/t15-,16+/m1/s1. The van der Waals surface area contributed by atoms with Crippen LogP contribution in [0.25, 0.3) is 11.0 Å². The average molecular weight is 431 g/mol. The van der Waals surface area contributed by atoms with Gasteiger partial charge in [-0.2, -0.15) is 0 Å². The number of aromatic nitrogens is 2. The highest BCUT2D eigenvalue weighted by Gasteiger charge is 2.39. The van der Waals surface area contributed by atoms with E-state index in [0.717, 1.165) is 10.4 Å². The molecule has 168 valence electrons. The van der Waals surface area contributed by atoms with Crippen LogP contribution in [0.15, 0.2) is 24.3 Å². The topological polar surface area (TPSA) is 116 Å². The van der Waals surface area contributed by atoms with E-state index in [9.17, 15) is 24.6 Å². The molecule has 2 N–H and O–H groups in total. The van der Waals surface area contributed by atoms with Crippen LogP contribution < -0.4 is 0 Å². The van der Waals surface area contributed by atoms with Gasteiger partial charge in [0.2, 0.25) is 0 Å². The van der Waals surface area contributed by atoms with Crippen molar-refractivity contribution < 1.29 is 24.6 Å². The summed E-state index contributed by atoms with van der Waals surface area (Å²) in [6, 6.07) is 6.97. The van der Waals surface area contributed by atoms with E-state index in [0.29, 0.717) is 12.1 Å². The van der Waals surface area contributed by atoms with Gasteiger partial charge in [0.1, 0.15) is 0 Å². The van der Waals surface area contributed by atoms with Crippen LogP contribution in [0, 0.1) is 11.8 Å². The predicted octanol–water partition coefficient (Wildman–Crippen LogP) is 3.17. The fraction of sp³-hybridized carbons (Fsp3) is 0.545. The molecule has 2 amide bonds. The molecule has 1 aliphatic heterocycles. The van der Waals surface area contributed by atoms with Crippen LogP contribution in [0.4, 0.5) is 4.79 Å². The van der Waals surface area contributed by atoms with Crippen molar-refractivity contribution >= 4 is 29.0 Å². The quantitative estimate of drug-likeness (QED) is 0.727. The number of para-hydroxylation sites is 2. The minimum atomic E-state index is -1.18. The third-order valence-corrected chi connectivity index (χ3v) is 5.62. The summed E-state index contributed by atoms with van der Waals surface area (Å²) < 4.78 is 1.89. The Kier molecular flexibility index (Phi) is 6.52. The zero-order valence-electron chi connectivity index (χ0n) is 18.4. The van der Waals surface area contributed by atoms with Crippen LogP contribution >= 0.6 is 0 Å². The SMILES string of the molecule is CC(C)CN(C(=O)c1nc2ccccc2n1C(C)C)[C@H]1C[C@@H](C(=O)O)CN(C(=O)O)C1. The number of fused-ring (bicyclic) bond motifs is 1. The molecule has 2 atom stereocenters. The molecule has 9 heteroatoms. The molecule has 0 spiro atoms. The molecule has 0 aliphatic carbocycles. The fourth-order valence-corrected chi connectivity index (χ4v) is 4.27. The highest BCUT2D eigenvalue weighted by atomic mass is 16.4. The zero-order chi connectivity index (χ0) is 22.9. The maximum Gasteiger partial charge on any atom is 0.407 e. The molecule has 2 heterocycles. The van der Waals surface area contributed by atoms with Gasteiger partial charge in [0.25, 0.3) is 5.91 Å². The molecule has 0 saturated carbocycles. The van der Waals surface area contributed by atoms with Crippen molar-refractivity contribution in [3.63, 3.8) is 0 Å². The highest BCUT2D eigenvalue weighted by molar-refractivity contribution is 5.95. The maximum absolute atomic E-state index is 13.8. The molecule has 31 heavy (non-hydrogen) atoms. The van der Waals surface area contributed by atoms with E-state index in [1.54, 1.807) is 4.90 Å². The normalized spacial score (nSPS) is 19.2. The highest BCUT2D eigenvalue weighted by Crippen LogP contribution is 2.27. The Balaban J connectivity index is 2.04. The van der Waals surface area contributed by atoms with Crippen molar-refractivity contribution in [2.24, 2.45) is 11.8 Å². The number of carbonyl (C=O) groups is 3. The van der Waals surface area contributed by atoms with Crippen molar-refractivity contribution in [1.29, 1.82) is 0 Å². The van der Waals surface area contributed by atoms with E-state index in [4.69, 9.17) is 0 Å². The first-order chi connectivity index (χ1) is 14.6. The zero-order valence-corrected chi connectivity index (χ0v) is 18.4. The summed E-state index contributed by atoms with van der Waals surface area (Å²) in [4.78, 5) is 44.4. The van der Waals surface area contributed by atoms with Gasteiger partial charge in [-0.15, -0.1) is 0 Å². The van der Waals surface area contributed by atoms with Crippen LogP contribution in [0.2, 0.25) is 0 Å². The van der Waals surface area contributed by atoms with Crippen LogP contribution in [0.1, 0.15) is 50.8 Å². The number of rotatable bonds is 6. The number of aliphatic carboxylic acids is 1. The third kappa shape index (κ3) is 4.65. The van der Waals surface area contributed by atoms with E-state index >= 15 is 0 Å². The van der Waals surface area contributed by atoms with E-state index in [1.165, 1.54) is 0 Å². The lowest BCUT2D eigenvalue weighted by Gasteiger charge is -2.41. The largest absolute Gasteiger partial charge is 0.481 e. The van der Waals surface area contributed by atoms with Crippen molar-refractivity contribution in [3.8, 4) is 0 Å². The number of piperidine rings is 1. The van der Waals surface area contributed by atoms with Crippen molar-refractivity contribution in [2.75, 3.05) is 19.6 Å². The number of imidazole rings is 1. The van der Waals surface area contributed by atoms with Gasteiger partial charge >= 0.3 is 12.1 Å². The van der Waals surface area contributed by atoms with Crippen LogP contribution in [-0.2, 0) is 4.79 Å². The fourth-order valence-electron chi connectivity index (χ4n) is 4.27. The molecular formula is C22H30N4O5. The van der Waals surface area contributed by atoms with Gasteiger partial charge in [0.15, 0.2) is 5.82 Å². The molecule has 9 nitrogen and oxygen atoms in total. The molecular weight excluding hydrogens is 400 g/mol. The third-order valence-electron chi connectivity index (χ3n) is 5.62. The second kappa shape index (κ2) is 8.95. The van der Waals surface area contributed by atoms with Crippen LogP contribution in [0.5, 0.6) is 0 Å². The molecule has 0 unspecified atom stereocenters. The Morgan fingerprint density at radius 2 is 1.81 bits per heavy atom. The number of carboxylic acids is 1. The molecule has 1 aromatic carbocycles. The van der Waals surface area contributed by atoms with Gasteiger partial charge in [0, 0.05) is 25.7 Å². The lowest BCUT2D eigenvalue weighted by molar-refractivity contribution is -0.144. The van der Waals surface area contributed by atoms with Gasteiger partial charge in [-0.05, 0) is 38.3 Å². The van der Waals surface area contributed by atoms with Gasteiger partial charge in [-0.3, -0.25) is 9.59 Å². The molecule has 0 radical (unpaired) electrons. The number of amides is 2. The first-order valence-electron chi connectivity index (χ1n) is 10.6. The molecule has 2 aromatic rings. The molecule has 0 bridgehead atoms. The first-order valence-corrected chi connectivity index (χ1v) is 10.6. The summed E-state index contributed by atoms with van der Waals surface area (Å²) in [5, 5.41) is 19.0. The number of nitrogens with zero attached hydrogens (tertiary/aromatic N) is 4. The van der Waals surface area contributed by atoms with Gasteiger partial charge in [-0.1, -0.05) is 26.0 Å². The Morgan fingerprint density at radius 1 is 1.13 bits per heavy atom. The Labute approximate surface area is 181 Å². The summed E-state index contributed by atoms with van der Waals surface area (Å²) in [5.41, 5.74) is 1.56. The lowest BCUT2D eigenvalue weighted by Crippen LogP contribution is -2.56. The lowest BCUT2D eigenvalue weighted by atomic mass is 9.92. The van der Waals surface area contributed by atoms with Gasteiger partial charge in [-0.25, -0.2) is 9.78 Å². The summed E-state index contributed by atoms with van der Waals surface area (Å²) in [6.45, 7) is 8.28. The average Bonchev–Trinajstić information content (AvgIpc) is 3.10. The number of likely N-dealkylation sites (tertiary alicyclic amines) is 1. The molecule has 1 aromatic heterocycles. The number of carboxylic acid groups (broad SMARTS) is 2. The Bertz CT molecular complexity index is 961. The molecule has 3 rings (SSSR count). The predicted molar refractivity (Wildman–Crippen MR) is 115 cm³/mol. The molecule has 1 aliphatic rings. The minimum Gasteiger partial charge on any atom is -0.481 e. The van der Waals surface area contributed by atoms with E-state index < -0.39 is 24.0 Å². The monoisotopic (exact) mass is 430 g/mol. The summed E-state index contributed by atoms with van der Waals surface area (Å²) in [6.07, 6.45) is -0.971. The van der Waals surface area contributed by atoms with Crippen molar-refractivity contribution in [3.05, 3.63) is 30.1 Å². The Hall–Kier alpha value is -3.10. The number of carbonyl (C=O) groups excluding carboxylic acids is 1. The molecule has 1 saturated heterocycles. The van der Waals surface area contributed by atoms with Crippen LogP contribution in [0.3, 0.4) is 0 Å². The van der Waals surface area contributed by atoms with Crippen LogP contribution in [-0.4, -0.2) is 73.2 Å². The second-order valence-corrected chi connectivity index (χ2v) is 8.85. The second-order valence-electron chi connectivity index (χ2n) is 8.85. The molecule has 1 fully saturated rings. The number of hydrogen-bond donors (Lipinski definition) is 2. The van der Waals surface area contributed by atoms with E-state index in [-0.39, 0.29) is 43.2 Å². The van der Waals surface area contributed by atoms with Gasteiger partial charge < -0.3 is 24.6 Å². The number of benzene rings is 1. The summed E-state index contributed by atoms with van der Waals surface area (Å²) in [7, 11) is 0. The number of hydrogen-bond acceptors (Lipinski definition) is 4. The summed E-state index contributed by atoms with van der Waals surface area (Å²) >= 11 is 0. The van der Waals surface area contributed by atoms with Crippen molar-refractivity contribution in [1.82, 2.24) is 19.4 Å². The minimum absolute atomic E-state index is 0.0131. The Morgan fingerprint density at radius 3 is 2.39 bits per heavy atom. The van der Waals surface area contributed by atoms with E-state index in [1.807, 2.05) is 56.5 Å². The first kappa shape index (κ1) is 22.6. The summed E-state index contributed by atoms with van der Waals surface area (Å²) in [5.74, 6) is -1.82. The smallest absolute Gasteiger partial charge is 0.407 e. The van der Waals surface area contributed by atoms with E-state index in [2.05, 4.69) is 4.98 Å². The maximum atomic E-state index is 13.8.